The highest BCUT2D eigenvalue weighted by atomic mass is 32.2. The molecule has 0 amide bonds. The van der Waals surface area contributed by atoms with Crippen LogP contribution in [0.1, 0.15) is 0 Å². The summed E-state index contributed by atoms with van der Waals surface area (Å²) in [6, 6.07) is 5.05. The standard InChI is InChI=1S/C9H10N3O4S/c13-9-11-7-3-1-2-6(8(7)12-9)10-4-5-17(14,15)16/h1-3H,4-5H2,(H2,11,12,13)(H,14,15,16). The van der Waals surface area contributed by atoms with E-state index in [-0.39, 0.29) is 12.2 Å². The van der Waals surface area contributed by atoms with E-state index in [1.54, 1.807) is 18.2 Å². The van der Waals surface area contributed by atoms with E-state index in [0.29, 0.717) is 16.7 Å². The Labute approximate surface area is 96.6 Å². The Bertz CT molecular complexity index is 686. The number of aromatic nitrogens is 2. The first-order valence-electron chi connectivity index (χ1n) is 4.79. The van der Waals surface area contributed by atoms with Crippen molar-refractivity contribution in [3.63, 3.8) is 0 Å². The van der Waals surface area contributed by atoms with Crippen LogP contribution in [0.4, 0.5) is 5.69 Å². The molecule has 0 unspecified atom stereocenters. The van der Waals surface area contributed by atoms with Crippen LogP contribution in [0.5, 0.6) is 0 Å². The summed E-state index contributed by atoms with van der Waals surface area (Å²) in [7, 11) is -4.02. The Morgan fingerprint density at radius 3 is 2.76 bits per heavy atom. The summed E-state index contributed by atoms with van der Waals surface area (Å²) in [6.45, 7) is -0.0643. The molecule has 2 rings (SSSR count). The second kappa shape index (κ2) is 4.22. The van der Waals surface area contributed by atoms with Crippen molar-refractivity contribution in [2.45, 2.75) is 0 Å². The van der Waals surface area contributed by atoms with Crippen LogP contribution in [0.15, 0.2) is 23.0 Å². The lowest BCUT2D eigenvalue weighted by Gasteiger charge is -2.02. The monoisotopic (exact) mass is 256 g/mol. The van der Waals surface area contributed by atoms with Gasteiger partial charge in [-0.05, 0) is 12.1 Å². The van der Waals surface area contributed by atoms with Crippen molar-refractivity contribution < 1.29 is 13.0 Å². The predicted molar refractivity (Wildman–Crippen MR) is 62.0 cm³/mol. The number of imidazole rings is 1. The van der Waals surface area contributed by atoms with Gasteiger partial charge in [0.1, 0.15) is 0 Å². The minimum Gasteiger partial charge on any atom is -0.306 e. The van der Waals surface area contributed by atoms with E-state index in [9.17, 15) is 13.2 Å². The fourth-order valence-electron chi connectivity index (χ4n) is 1.46. The average molecular weight is 256 g/mol. The second-order valence-corrected chi connectivity index (χ2v) is 5.02. The fraction of sp³-hybridized carbons (Fsp3) is 0.222. The molecule has 2 aromatic rings. The largest absolute Gasteiger partial charge is 0.323 e. The van der Waals surface area contributed by atoms with E-state index >= 15 is 0 Å². The van der Waals surface area contributed by atoms with Gasteiger partial charge in [-0.3, -0.25) is 9.87 Å². The average Bonchev–Trinajstić information content (AvgIpc) is 2.57. The zero-order valence-electron chi connectivity index (χ0n) is 8.67. The summed E-state index contributed by atoms with van der Waals surface area (Å²) in [4.78, 5) is 16.2. The van der Waals surface area contributed by atoms with Gasteiger partial charge in [-0.2, -0.15) is 8.42 Å². The summed E-state index contributed by atoms with van der Waals surface area (Å²) < 4.78 is 29.6. The Balaban J connectivity index is 2.21. The Morgan fingerprint density at radius 2 is 2.06 bits per heavy atom. The van der Waals surface area contributed by atoms with Crippen LogP contribution in [0.25, 0.3) is 11.0 Å². The molecule has 0 spiro atoms. The molecule has 91 valence electrons. The van der Waals surface area contributed by atoms with Crippen LogP contribution >= 0.6 is 0 Å². The number of H-pyrrole nitrogens is 2. The van der Waals surface area contributed by atoms with E-state index < -0.39 is 15.9 Å². The van der Waals surface area contributed by atoms with Gasteiger partial charge in [0.15, 0.2) is 0 Å². The fourth-order valence-corrected chi connectivity index (χ4v) is 1.78. The van der Waals surface area contributed by atoms with Crippen molar-refractivity contribution in [2.75, 3.05) is 12.3 Å². The van der Waals surface area contributed by atoms with Gasteiger partial charge in [0.25, 0.3) is 10.1 Å². The highest BCUT2D eigenvalue weighted by molar-refractivity contribution is 7.85. The molecule has 0 bridgehead atoms. The SMILES string of the molecule is O=c1[nH]c2cccc([N]CCS(=O)(=O)O)c2[nH]1. The molecule has 1 aromatic heterocycles. The lowest BCUT2D eigenvalue weighted by atomic mass is 10.2. The Hall–Kier alpha value is -1.80. The zero-order chi connectivity index (χ0) is 12.5. The lowest BCUT2D eigenvalue weighted by molar-refractivity contribution is 0.482. The molecule has 1 aromatic carbocycles. The van der Waals surface area contributed by atoms with Crippen LogP contribution < -0.4 is 11.0 Å². The van der Waals surface area contributed by atoms with Crippen LogP contribution in [0.3, 0.4) is 0 Å². The molecule has 3 N–H and O–H groups in total. The van der Waals surface area contributed by atoms with E-state index in [1.165, 1.54) is 0 Å². The number of aromatic amines is 2. The van der Waals surface area contributed by atoms with Crippen molar-refractivity contribution in [3.8, 4) is 0 Å². The van der Waals surface area contributed by atoms with Gasteiger partial charge in [0, 0.05) is 0 Å². The van der Waals surface area contributed by atoms with E-state index in [4.69, 9.17) is 4.55 Å². The molecule has 0 fully saturated rings. The van der Waals surface area contributed by atoms with Gasteiger partial charge in [0.2, 0.25) is 0 Å². The number of para-hydroxylation sites is 1. The first-order chi connectivity index (χ1) is 7.96. The normalized spacial score (nSPS) is 11.8. The Morgan fingerprint density at radius 1 is 1.29 bits per heavy atom. The maximum atomic E-state index is 11.1. The minimum absolute atomic E-state index is 0.0643. The summed E-state index contributed by atoms with van der Waals surface area (Å²) >= 11 is 0. The number of nitrogens with zero attached hydrogens (tertiary/aromatic N) is 1. The first kappa shape index (κ1) is 11.7. The number of rotatable bonds is 4. The quantitative estimate of drug-likeness (QED) is 0.666. The summed E-state index contributed by atoms with van der Waals surface area (Å²) in [5.74, 6) is -0.446. The molecule has 17 heavy (non-hydrogen) atoms. The molecule has 0 aliphatic heterocycles. The number of nitrogens with one attached hydrogen (secondary N) is 2. The number of benzene rings is 1. The van der Waals surface area contributed by atoms with Crippen LogP contribution in [0.2, 0.25) is 0 Å². The molecular formula is C9H10N3O4S. The third-order valence-corrected chi connectivity index (χ3v) is 2.86. The van der Waals surface area contributed by atoms with Crippen LogP contribution in [-0.2, 0) is 10.1 Å². The van der Waals surface area contributed by atoms with Gasteiger partial charge < -0.3 is 9.97 Å². The molecular weight excluding hydrogens is 246 g/mol. The van der Waals surface area contributed by atoms with E-state index in [0.717, 1.165) is 0 Å². The van der Waals surface area contributed by atoms with Crippen LogP contribution in [-0.4, -0.2) is 35.2 Å². The lowest BCUT2D eigenvalue weighted by Crippen LogP contribution is -2.14. The van der Waals surface area contributed by atoms with E-state index in [1.807, 2.05) is 0 Å². The molecule has 0 atom stereocenters. The molecule has 0 saturated carbocycles. The van der Waals surface area contributed by atoms with Crippen LogP contribution in [0, 0.1) is 0 Å². The van der Waals surface area contributed by atoms with Gasteiger partial charge in [-0.25, -0.2) is 4.79 Å². The molecule has 0 aliphatic carbocycles. The highest BCUT2D eigenvalue weighted by Crippen LogP contribution is 2.18. The van der Waals surface area contributed by atoms with Crippen molar-refractivity contribution in [1.29, 1.82) is 0 Å². The predicted octanol–water partition coefficient (Wildman–Crippen LogP) is -0.0201. The summed E-state index contributed by atoms with van der Waals surface area (Å²) in [5.41, 5.74) is 1.25. The molecule has 0 aliphatic rings. The molecule has 1 heterocycles. The van der Waals surface area contributed by atoms with Gasteiger partial charge in [-0.1, -0.05) is 6.07 Å². The third-order valence-electron chi connectivity index (χ3n) is 2.16. The summed E-state index contributed by atoms with van der Waals surface area (Å²) in [5, 5.41) is 4.00. The third kappa shape index (κ3) is 2.86. The molecule has 0 saturated heterocycles. The van der Waals surface area contributed by atoms with Gasteiger partial charge in [0.05, 0.1) is 29.0 Å². The maximum absolute atomic E-state index is 11.1. The number of fused-ring (bicyclic) bond motifs is 1. The molecule has 8 heteroatoms. The maximum Gasteiger partial charge on any atom is 0.323 e. The van der Waals surface area contributed by atoms with Gasteiger partial charge in [-0.15, -0.1) is 0 Å². The minimum atomic E-state index is -4.02. The smallest absolute Gasteiger partial charge is 0.306 e. The molecule has 7 nitrogen and oxygen atoms in total. The highest BCUT2D eigenvalue weighted by Gasteiger charge is 2.08. The van der Waals surface area contributed by atoms with Crippen molar-refractivity contribution >= 4 is 26.8 Å². The topological polar surface area (TPSA) is 117 Å². The summed E-state index contributed by atoms with van der Waals surface area (Å²) in [6.07, 6.45) is 0. The number of hydrogen-bond acceptors (Lipinski definition) is 3. The van der Waals surface area contributed by atoms with E-state index in [2.05, 4.69) is 15.3 Å². The van der Waals surface area contributed by atoms with Crippen molar-refractivity contribution in [2.24, 2.45) is 0 Å². The zero-order valence-corrected chi connectivity index (χ0v) is 9.49. The number of hydrogen-bond donors (Lipinski definition) is 3. The van der Waals surface area contributed by atoms with Crippen molar-refractivity contribution in [3.05, 3.63) is 28.7 Å². The van der Waals surface area contributed by atoms with Crippen molar-refractivity contribution in [1.82, 2.24) is 15.3 Å². The second-order valence-electron chi connectivity index (χ2n) is 3.45. The molecule has 1 radical (unpaired) electrons. The first-order valence-corrected chi connectivity index (χ1v) is 6.40. The van der Waals surface area contributed by atoms with Gasteiger partial charge >= 0.3 is 5.69 Å². The Kier molecular flexibility index (Phi) is 2.90.